The summed E-state index contributed by atoms with van der Waals surface area (Å²) < 4.78 is 0. The van der Waals surface area contributed by atoms with Crippen LogP contribution in [0.3, 0.4) is 0 Å². The molecule has 37 heavy (non-hydrogen) atoms. The number of rotatable bonds is 3. The Kier molecular flexibility index (Phi) is 5.58. The van der Waals surface area contributed by atoms with E-state index in [2.05, 4.69) is 15.9 Å². The van der Waals surface area contributed by atoms with E-state index >= 15 is 0 Å². The number of hydrogen-bond donors (Lipinski definition) is 1. The number of benzene rings is 2. The fourth-order valence-corrected chi connectivity index (χ4v) is 8.44. The topological polar surface area (TPSA) is 95.0 Å². The van der Waals surface area contributed by atoms with Gasteiger partial charge in [0.25, 0.3) is 11.8 Å². The lowest BCUT2D eigenvalue weighted by molar-refractivity contribution is -0.141. The Bertz CT molecular complexity index is 1450. The highest BCUT2D eigenvalue weighted by molar-refractivity contribution is 9.09. The van der Waals surface area contributed by atoms with Crippen LogP contribution in [0, 0.1) is 17.8 Å². The molecule has 6 atom stereocenters. The molecule has 6 rings (SSSR count). The maximum absolute atomic E-state index is 13.9. The Morgan fingerprint density at radius 2 is 1.73 bits per heavy atom. The molecule has 6 unspecified atom stereocenters. The number of imide groups is 2. The van der Waals surface area contributed by atoms with Crippen LogP contribution >= 0.6 is 39.1 Å². The molecule has 2 heterocycles. The molecule has 0 aromatic heterocycles. The van der Waals surface area contributed by atoms with E-state index in [-0.39, 0.29) is 36.0 Å². The van der Waals surface area contributed by atoms with Crippen LogP contribution in [0.2, 0.25) is 0 Å². The largest absolute Gasteiger partial charge is 0.508 e. The summed E-state index contributed by atoms with van der Waals surface area (Å²) in [5, 5.41) is 12.7. The van der Waals surface area contributed by atoms with Crippen molar-refractivity contribution in [3.05, 3.63) is 53.6 Å². The van der Waals surface area contributed by atoms with E-state index in [9.17, 15) is 24.3 Å². The fourth-order valence-electron chi connectivity index (χ4n) is 7.03. The molecule has 4 amide bonds. The lowest BCUT2D eigenvalue weighted by Gasteiger charge is -2.51. The summed E-state index contributed by atoms with van der Waals surface area (Å²) in [4.78, 5) is 52.5. The van der Waals surface area contributed by atoms with Gasteiger partial charge in [0.05, 0.1) is 17.3 Å². The van der Waals surface area contributed by atoms with Gasteiger partial charge in [-0.05, 0) is 42.5 Å². The Hall–Kier alpha value is -2.42. The van der Waals surface area contributed by atoms with Gasteiger partial charge >= 0.3 is 0 Å². The van der Waals surface area contributed by atoms with Gasteiger partial charge in [-0.3, -0.25) is 29.0 Å². The number of nitrogens with zero attached hydrogens (tertiary/aromatic N) is 2. The Morgan fingerprint density at radius 3 is 2.43 bits per heavy atom. The van der Waals surface area contributed by atoms with Crippen LogP contribution in [0.15, 0.2) is 48.0 Å². The number of aromatic hydroxyl groups is 1. The van der Waals surface area contributed by atoms with Crippen molar-refractivity contribution in [2.45, 2.75) is 35.4 Å². The quantitative estimate of drug-likeness (QED) is 0.244. The van der Waals surface area contributed by atoms with E-state index in [0.717, 1.165) is 10.3 Å². The van der Waals surface area contributed by atoms with E-state index in [1.165, 1.54) is 11.0 Å². The molecule has 0 spiro atoms. The van der Waals surface area contributed by atoms with Crippen LogP contribution in [-0.4, -0.2) is 60.3 Å². The van der Waals surface area contributed by atoms with Crippen molar-refractivity contribution in [3.8, 4) is 5.75 Å². The molecule has 1 saturated carbocycles. The van der Waals surface area contributed by atoms with Crippen molar-refractivity contribution in [1.29, 1.82) is 0 Å². The molecule has 2 aliphatic heterocycles. The van der Waals surface area contributed by atoms with Crippen molar-refractivity contribution in [2.24, 2.45) is 17.8 Å². The van der Waals surface area contributed by atoms with Crippen molar-refractivity contribution in [1.82, 2.24) is 9.80 Å². The number of carbonyl (C=O) groups excluding carboxylic acids is 4. The SMILES string of the molecule is CCN1C(=O)C2CC=C3C(CC4(Cl)C(=O)N(CBr)C(=O)C4(Cl)C3c3c(O)ccc4ccccc34)C2C1=O. The number of halogens is 3. The van der Waals surface area contributed by atoms with Gasteiger partial charge in [-0.25, -0.2) is 0 Å². The van der Waals surface area contributed by atoms with Gasteiger partial charge in [-0.15, -0.1) is 23.2 Å². The van der Waals surface area contributed by atoms with Crippen LogP contribution in [0.1, 0.15) is 31.2 Å². The average Bonchev–Trinajstić information content (AvgIpc) is 3.22. The van der Waals surface area contributed by atoms with E-state index in [0.29, 0.717) is 22.9 Å². The predicted molar refractivity (Wildman–Crippen MR) is 141 cm³/mol. The monoisotopic (exact) mass is 604 g/mol. The third kappa shape index (κ3) is 2.95. The van der Waals surface area contributed by atoms with E-state index in [4.69, 9.17) is 23.2 Å². The first kappa shape index (κ1) is 24.9. The zero-order chi connectivity index (χ0) is 26.4. The number of alkyl halides is 3. The lowest BCUT2D eigenvalue weighted by atomic mass is 9.56. The second kappa shape index (κ2) is 8.29. The Morgan fingerprint density at radius 1 is 1.00 bits per heavy atom. The molecule has 0 radical (unpaired) electrons. The van der Waals surface area contributed by atoms with E-state index in [1.807, 2.05) is 30.3 Å². The predicted octanol–water partition coefficient (Wildman–Crippen LogP) is 4.28. The summed E-state index contributed by atoms with van der Waals surface area (Å²) in [6.45, 7) is 2.00. The van der Waals surface area contributed by atoms with Crippen LogP contribution in [0.4, 0.5) is 0 Å². The molecule has 2 aromatic rings. The minimum absolute atomic E-state index is 0.0717. The van der Waals surface area contributed by atoms with Crippen LogP contribution in [-0.2, 0) is 19.2 Å². The number of amides is 4. The van der Waals surface area contributed by atoms with Gasteiger partial charge in [0.1, 0.15) is 5.75 Å². The summed E-state index contributed by atoms with van der Waals surface area (Å²) in [5.74, 6) is -4.83. The fraction of sp³-hybridized carbons (Fsp3) is 0.407. The van der Waals surface area contributed by atoms with Gasteiger partial charge < -0.3 is 5.11 Å². The molecule has 2 aromatic carbocycles. The van der Waals surface area contributed by atoms with Gasteiger partial charge in [0, 0.05) is 18.0 Å². The first-order chi connectivity index (χ1) is 17.6. The van der Waals surface area contributed by atoms with Crippen molar-refractivity contribution in [2.75, 3.05) is 12.0 Å². The molecular weight excluding hydrogens is 583 g/mol. The number of likely N-dealkylation sites (tertiary alicyclic amines) is 2. The first-order valence-electron chi connectivity index (χ1n) is 12.2. The van der Waals surface area contributed by atoms with E-state index in [1.54, 1.807) is 13.0 Å². The van der Waals surface area contributed by atoms with Crippen molar-refractivity contribution >= 4 is 73.5 Å². The maximum Gasteiger partial charge on any atom is 0.254 e. The standard InChI is InChI=1S/C27H23BrCl2N2O5/c1-2-31-22(34)16-9-8-15-17(19(16)23(31)35)11-26(29)24(36)32(12-28)25(37)27(26,30)21(15)20-14-6-4-3-5-13(14)7-10-18(20)33/h3-8,10,16-17,19,21,33H,2,9,11-12H2,1H3. The lowest BCUT2D eigenvalue weighted by Crippen LogP contribution is -2.60. The Labute approximate surface area is 231 Å². The molecule has 7 nitrogen and oxygen atoms in total. The third-order valence-electron chi connectivity index (χ3n) is 8.66. The molecular formula is C27H23BrCl2N2O5. The minimum atomic E-state index is -1.95. The molecule has 192 valence electrons. The maximum atomic E-state index is 13.9. The number of allylic oxidation sites excluding steroid dienone is 2. The van der Waals surface area contributed by atoms with Gasteiger partial charge in [0.2, 0.25) is 11.8 Å². The molecule has 2 aliphatic carbocycles. The van der Waals surface area contributed by atoms with E-state index < -0.39 is 45.2 Å². The zero-order valence-electron chi connectivity index (χ0n) is 19.8. The molecule has 3 fully saturated rings. The smallest absolute Gasteiger partial charge is 0.254 e. The zero-order valence-corrected chi connectivity index (χ0v) is 22.9. The first-order valence-corrected chi connectivity index (χ1v) is 14.1. The number of carbonyl (C=O) groups is 4. The molecule has 2 saturated heterocycles. The second-order valence-corrected chi connectivity index (χ2v) is 11.9. The molecule has 4 aliphatic rings. The normalized spacial score (nSPS) is 35.1. The molecule has 1 N–H and O–H groups in total. The minimum Gasteiger partial charge on any atom is -0.508 e. The molecule has 0 bridgehead atoms. The van der Waals surface area contributed by atoms with Crippen LogP contribution < -0.4 is 0 Å². The summed E-state index contributed by atoms with van der Waals surface area (Å²) >= 11 is 17.7. The highest BCUT2D eigenvalue weighted by Crippen LogP contribution is 2.66. The second-order valence-electron chi connectivity index (χ2n) is 10.1. The summed E-state index contributed by atoms with van der Waals surface area (Å²) in [5.41, 5.74) is 0.948. The van der Waals surface area contributed by atoms with Crippen LogP contribution in [0.5, 0.6) is 5.75 Å². The highest BCUT2D eigenvalue weighted by Gasteiger charge is 2.76. The van der Waals surface area contributed by atoms with Crippen molar-refractivity contribution in [3.63, 3.8) is 0 Å². The van der Waals surface area contributed by atoms with Crippen molar-refractivity contribution < 1.29 is 24.3 Å². The summed E-state index contributed by atoms with van der Waals surface area (Å²) in [6, 6.07) is 10.7. The average molecular weight is 606 g/mol. The Balaban J connectivity index is 1.65. The number of phenols is 1. The number of phenolic OH excluding ortho intramolecular Hbond substituents is 1. The molecule has 10 heteroatoms. The van der Waals surface area contributed by atoms with Crippen LogP contribution in [0.25, 0.3) is 10.8 Å². The summed E-state index contributed by atoms with van der Waals surface area (Å²) in [7, 11) is 0. The number of fused-ring (bicyclic) bond motifs is 5. The number of hydrogen-bond acceptors (Lipinski definition) is 5. The van der Waals surface area contributed by atoms with Gasteiger partial charge in [-0.1, -0.05) is 57.9 Å². The highest BCUT2D eigenvalue weighted by atomic mass is 79.9. The summed E-state index contributed by atoms with van der Waals surface area (Å²) in [6.07, 6.45) is 2.10. The van der Waals surface area contributed by atoms with Gasteiger partial charge in [-0.2, -0.15) is 0 Å². The third-order valence-corrected chi connectivity index (χ3v) is 10.6. The van der Waals surface area contributed by atoms with Gasteiger partial charge in [0.15, 0.2) is 9.75 Å².